The van der Waals surface area contributed by atoms with Crippen LogP contribution < -0.4 is 5.32 Å². The molecule has 1 amide bonds. The second-order valence-electron chi connectivity index (χ2n) is 3.48. The molecule has 0 fully saturated rings. The molecule has 0 saturated heterocycles. The highest BCUT2D eigenvalue weighted by atomic mass is 19.2. The number of carboxylic acids is 1. The lowest BCUT2D eigenvalue weighted by Crippen LogP contribution is -2.18. The third-order valence-corrected chi connectivity index (χ3v) is 2.22. The molecule has 0 spiro atoms. The topological polar surface area (TPSA) is 105 Å². The molecule has 0 atom stereocenters. The maximum absolute atomic E-state index is 13.4. The SMILES string of the molecule is O=C(Nc1nccnc1C(=O)O)c1ccnc(F)c1F. The Morgan fingerprint density at radius 1 is 1.10 bits per heavy atom. The van der Waals surface area contributed by atoms with Gasteiger partial charge in [-0.15, -0.1) is 0 Å². The van der Waals surface area contributed by atoms with Gasteiger partial charge in [0.25, 0.3) is 5.91 Å². The quantitative estimate of drug-likeness (QED) is 0.816. The van der Waals surface area contributed by atoms with Crippen LogP contribution in [0, 0.1) is 11.8 Å². The number of halogens is 2. The van der Waals surface area contributed by atoms with E-state index in [9.17, 15) is 18.4 Å². The number of carboxylic acid groups (broad SMARTS) is 1. The van der Waals surface area contributed by atoms with Crippen molar-refractivity contribution < 1.29 is 23.5 Å². The van der Waals surface area contributed by atoms with Crippen LogP contribution in [0.4, 0.5) is 14.6 Å². The van der Waals surface area contributed by atoms with E-state index < -0.39 is 34.9 Å². The van der Waals surface area contributed by atoms with Crippen molar-refractivity contribution in [1.29, 1.82) is 0 Å². The smallest absolute Gasteiger partial charge is 0.358 e. The molecule has 7 nitrogen and oxygen atoms in total. The second kappa shape index (κ2) is 5.34. The minimum atomic E-state index is -1.44. The average Bonchev–Trinajstić information content (AvgIpc) is 2.42. The monoisotopic (exact) mass is 280 g/mol. The van der Waals surface area contributed by atoms with Crippen LogP contribution in [0.2, 0.25) is 0 Å². The molecule has 2 rings (SSSR count). The van der Waals surface area contributed by atoms with Gasteiger partial charge in [0.2, 0.25) is 5.95 Å². The Balaban J connectivity index is 2.33. The number of anilines is 1. The van der Waals surface area contributed by atoms with E-state index in [1.165, 1.54) is 0 Å². The van der Waals surface area contributed by atoms with E-state index in [2.05, 4.69) is 15.0 Å². The number of nitrogens with one attached hydrogen (secondary N) is 1. The number of nitrogens with zero attached hydrogens (tertiary/aromatic N) is 3. The zero-order valence-corrected chi connectivity index (χ0v) is 9.67. The maximum Gasteiger partial charge on any atom is 0.358 e. The average molecular weight is 280 g/mol. The summed E-state index contributed by atoms with van der Waals surface area (Å²) in [5.41, 5.74) is -1.14. The number of rotatable bonds is 3. The number of carbonyl (C=O) groups is 2. The van der Waals surface area contributed by atoms with Crippen LogP contribution in [0.5, 0.6) is 0 Å². The third-order valence-electron chi connectivity index (χ3n) is 2.22. The molecule has 0 unspecified atom stereocenters. The zero-order valence-electron chi connectivity index (χ0n) is 9.67. The molecule has 0 radical (unpaired) electrons. The van der Waals surface area contributed by atoms with E-state index in [1.54, 1.807) is 0 Å². The summed E-state index contributed by atoms with van der Waals surface area (Å²) in [5, 5.41) is 10.9. The molecule has 2 aromatic heterocycles. The number of pyridine rings is 1. The molecule has 0 aliphatic heterocycles. The van der Waals surface area contributed by atoms with Crippen molar-refractivity contribution >= 4 is 17.7 Å². The minimum absolute atomic E-state index is 0.373. The Hall–Kier alpha value is -2.97. The van der Waals surface area contributed by atoms with Crippen LogP contribution in [0.15, 0.2) is 24.7 Å². The summed E-state index contributed by atoms with van der Waals surface area (Å²) >= 11 is 0. The zero-order chi connectivity index (χ0) is 14.7. The highest BCUT2D eigenvalue weighted by Gasteiger charge is 2.20. The van der Waals surface area contributed by atoms with Gasteiger partial charge < -0.3 is 10.4 Å². The van der Waals surface area contributed by atoms with Crippen LogP contribution in [0.25, 0.3) is 0 Å². The number of carbonyl (C=O) groups excluding carboxylic acids is 1. The van der Waals surface area contributed by atoms with Crippen molar-refractivity contribution in [2.45, 2.75) is 0 Å². The van der Waals surface area contributed by atoms with Crippen molar-refractivity contribution in [3.8, 4) is 0 Å². The van der Waals surface area contributed by atoms with E-state index in [1.807, 2.05) is 5.32 Å². The largest absolute Gasteiger partial charge is 0.476 e. The van der Waals surface area contributed by atoms with E-state index >= 15 is 0 Å². The Bertz CT molecular complexity index is 693. The molecule has 20 heavy (non-hydrogen) atoms. The van der Waals surface area contributed by atoms with Gasteiger partial charge in [-0.2, -0.15) is 4.39 Å². The first kappa shape index (κ1) is 13.5. The van der Waals surface area contributed by atoms with Gasteiger partial charge in [0, 0.05) is 18.6 Å². The van der Waals surface area contributed by atoms with Crippen molar-refractivity contribution in [2.24, 2.45) is 0 Å². The lowest BCUT2D eigenvalue weighted by molar-refractivity contribution is 0.0691. The number of aromatic carboxylic acids is 1. The number of hydrogen-bond donors (Lipinski definition) is 2. The van der Waals surface area contributed by atoms with Gasteiger partial charge in [-0.05, 0) is 6.07 Å². The molecule has 0 aliphatic rings. The van der Waals surface area contributed by atoms with Crippen molar-refractivity contribution in [3.63, 3.8) is 0 Å². The van der Waals surface area contributed by atoms with Gasteiger partial charge in [-0.25, -0.2) is 24.1 Å². The van der Waals surface area contributed by atoms with Gasteiger partial charge in [0.15, 0.2) is 17.3 Å². The fourth-order valence-corrected chi connectivity index (χ4v) is 1.35. The van der Waals surface area contributed by atoms with Crippen molar-refractivity contribution in [1.82, 2.24) is 15.0 Å². The van der Waals surface area contributed by atoms with Crippen molar-refractivity contribution in [3.05, 3.63) is 47.7 Å². The molecule has 2 N–H and O–H groups in total. The normalized spacial score (nSPS) is 10.1. The molecule has 102 valence electrons. The number of hydrogen-bond acceptors (Lipinski definition) is 5. The molecule has 0 bridgehead atoms. The summed E-state index contributed by atoms with van der Waals surface area (Å²) in [6.07, 6.45) is 3.17. The Morgan fingerprint density at radius 3 is 2.50 bits per heavy atom. The van der Waals surface area contributed by atoms with Crippen LogP contribution in [0.3, 0.4) is 0 Å². The van der Waals surface area contributed by atoms with Crippen LogP contribution in [-0.2, 0) is 0 Å². The lowest BCUT2D eigenvalue weighted by atomic mass is 10.2. The molecule has 0 aliphatic carbocycles. The van der Waals surface area contributed by atoms with Crippen molar-refractivity contribution in [2.75, 3.05) is 5.32 Å². The fourth-order valence-electron chi connectivity index (χ4n) is 1.35. The van der Waals surface area contributed by atoms with Gasteiger partial charge in [-0.1, -0.05) is 0 Å². The summed E-state index contributed by atoms with van der Waals surface area (Å²) in [6.45, 7) is 0. The molecule has 0 saturated carbocycles. The summed E-state index contributed by atoms with van der Waals surface area (Å²) < 4.78 is 26.3. The van der Waals surface area contributed by atoms with Crippen LogP contribution >= 0.6 is 0 Å². The molecular formula is C11H6F2N4O3. The summed E-state index contributed by atoms with van der Waals surface area (Å²) in [4.78, 5) is 32.8. The molecule has 2 heterocycles. The first-order valence-electron chi connectivity index (χ1n) is 5.16. The van der Waals surface area contributed by atoms with E-state index in [-0.39, 0.29) is 5.82 Å². The first-order valence-corrected chi connectivity index (χ1v) is 5.16. The predicted molar refractivity (Wildman–Crippen MR) is 61.1 cm³/mol. The standard InChI is InChI=1S/C11H6F2N4O3/c12-6-5(1-2-15-8(6)13)10(18)17-9-7(11(19)20)14-3-4-16-9/h1-4H,(H,19,20)(H,16,17,18). The maximum atomic E-state index is 13.4. The Labute approximate surface area is 110 Å². The number of aromatic nitrogens is 3. The summed E-state index contributed by atoms with van der Waals surface area (Å²) in [5.74, 6) is -5.73. The predicted octanol–water partition coefficient (Wildman–Crippen LogP) is 1.10. The molecular weight excluding hydrogens is 274 g/mol. The summed E-state index contributed by atoms with van der Waals surface area (Å²) in [7, 11) is 0. The highest BCUT2D eigenvalue weighted by Crippen LogP contribution is 2.13. The highest BCUT2D eigenvalue weighted by molar-refractivity contribution is 6.06. The second-order valence-corrected chi connectivity index (χ2v) is 3.48. The molecule has 2 aromatic rings. The fraction of sp³-hybridized carbons (Fsp3) is 0. The first-order chi connectivity index (χ1) is 9.50. The Morgan fingerprint density at radius 2 is 1.80 bits per heavy atom. The summed E-state index contributed by atoms with van der Waals surface area (Å²) in [6, 6.07) is 0.949. The van der Waals surface area contributed by atoms with Crippen LogP contribution in [-0.4, -0.2) is 31.9 Å². The number of amides is 1. The van der Waals surface area contributed by atoms with Crippen LogP contribution in [0.1, 0.15) is 20.8 Å². The van der Waals surface area contributed by atoms with Gasteiger partial charge in [0.1, 0.15) is 0 Å². The molecule has 0 aromatic carbocycles. The van der Waals surface area contributed by atoms with Gasteiger partial charge >= 0.3 is 5.97 Å². The van der Waals surface area contributed by atoms with E-state index in [4.69, 9.17) is 5.11 Å². The minimum Gasteiger partial charge on any atom is -0.476 e. The van der Waals surface area contributed by atoms with Gasteiger partial charge in [-0.3, -0.25) is 4.79 Å². The Kier molecular flexibility index (Phi) is 3.60. The lowest BCUT2D eigenvalue weighted by Gasteiger charge is -2.06. The van der Waals surface area contributed by atoms with E-state index in [0.717, 1.165) is 24.7 Å². The van der Waals surface area contributed by atoms with E-state index in [0.29, 0.717) is 0 Å². The third kappa shape index (κ3) is 2.55. The molecule has 9 heteroatoms. The van der Waals surface area contributed by atoms with Gasteiger partial charge in [0.05, 0.1) is 5.56 Å².